The molecule has 15 heteroatoms. The van der Waals surface area contributed by atoms with E-state index in [9.17, 15) is 31.6 Å². The number of nitrogens with zero attached hydrogens (tertiary/aromatic N) is 5. The minimum absolute atomic E-state index is 0.0692. The van der Waals surface area contributed by atoms with Crippen LogP contribution in [0.5, 0.6) is 0 Å². The molecule has 0 amide bonds. The zero-order valence-electron chi connectivity index (χ0n) is 19.5. The van der Waals surface area contributed by atoms with E-state index in [1.807, 2.05) is 6.92 Å². The Hall–Kier alpha value is -2.63. The molecule has 0 radical (unpaired) electrons. The van der Waals surface area contributed by atoms with E-state index in [0.29, 0.717) is 16.8 Å². The monoisotopic (exact) mass is 548 g/mol. The molecule has 2 aromatic rings. The summed E-state index contributed by atoms with van der Waals surface area (Å²) >= 11 is 6.47. The molecule has 2 atom stereocenters. The molecule has 2 fully saturated rings. The van der Waals surface area contributed by atoms with Gasteiger partial charge in [-0.05, 0) is 25.7 Å². The van der Waals surface area contributed by atoms with E-state index in [0.717, 1.165) is 32.6 Å². The van der Waals surface area contributed by atoms with Crippen molar-refractivity contribution in [2.24, 2.45) is 0 Å². The van der Waals surface area contributed by atoms with E-state index in [1.165, 1.54) is 6.20 Å². The van der Waals surface area contributed by atoms with Crippen LogP contribution in [0.1, 0.15) is 57.2 Å². The van der Waals surface area contributed by atoms with Crippen molar-refractivity contribution < 1.29 is 31.1 Å². The molecular weight excluding hydrogens is 525 g/mol. The molecule has 1 N–H and O–H groups in total. The number of fused-ring (bicyclic) bond motifs is 1. The van der Waals surface area contributed by atoms with Crippen molar-refractivity contribution in [1.82, 2.24) is 18.9 Å². The summed E-state index contributed by atoms with van der Waals surface area (Å²) in [6.07, 6.45) is 3.64. The number of esters is 1. The largest absolute Gasteiger partial charge is 0.511 e. The Morgan fingerprint density at radius 2 is 2.11 bits per heavy atom. The van der Waals surface area contributed by atoms with Gasteiger partial charge in [-0.15, -0.1) is 5.10 Å². The average molecular weight is 549 g/mol. The summed E-state index contributed by atoms with van der Waals surface area (Å²) in [6, 6.07) is 1.41. The number of sulfonamides is 1. The number of rotatable bonds is 6. The summed E-state index contributed by atoms with van der Waals surface area (Å²) in [5.41, 5.74) is -4.28. The van der Waals surface area contributed by atoms with Gasteiger partial charge in [0.1, 0.15) is 17.7 Å². The van der Waals surface area contributed by atoms with Gasteiger partial charge in [0.2, 0.25) is 5.95 Å². The van der Waals surface area contributed by atoms with Gasteiger partial charge in [0.25, 0.3) is 0 Å². The minimum atomic E-state index is -5.59. The van der Waals surface area contributed by atoms with Crippen molar-refractivity contribution in [3.8, 4) is 6.07 Å². The zero-order valence-corrected chi connectivity index (χ0v) is 21.0. The summed E-state index contributed by atoms with van der Waals surface area (Å²) in [4.78, 5) is 15.9. The van der Waals surface area contributed by atoms with E-state index in [2.05, 4.69) is 21.5 Å². The smallest absolute Gasteiger partial charge is 0.459 e. The van der Waals surface area contributed by atoms with Gasteiger partial charge in [-0.2, -0.15) is 22.7 Å². The fourth-order valence-electron chi connectivity index (χ4n) is 4.95. The molecule has 0 aromatic carbocycles. The highest BCUT2D eigenvalue weighted by Gasteiger charge is 2.52. The topological polar surface area (TPSA) is 130 Å². The zero-order chi connectivity index (χ0) is 26.5. The third-order valence-corrected chi connectivity index (χ3v) is 8.99. The maximum Gasteiger partial charge on any atom is 0.511 e. The molecule has 0 unspecified atom stereocenters. The van der Waals surface area contributed by atoms with Crippen molar-refractivity contribution in [1.29, 1.82) is 5.26 Å². The van der Waals surface area contributed by atoms with Crippen LogP contribution in [0.25, 0.3) is 5.52 Å². The lowest BCUT2D eigenvalue weighted by Gasteiger charge is -2.41. The average Bonchev–Trinajstić information content (AvgIpc) is 3.05. The summed E-state index contributed by atoms with van der Waals surface area (Å²) < 4.78 is 69.9. The minimum Gasteiger partial charge on any atom is -0.459 e. The van der Waals surface area contributed by atoms with Crippen LogP contribution in [0, 0.1) is 11.3 Å². The number of hydrogen-bond donors (Lipinski definition) is 1. The maximum absolute atomic E-state index is 13.1. The number of nitriles is 1. The van der Waals surface area contributed by atoms with Crippen LogP contribution in [-0.4, -0.2) is 64.0 Å². The molecule has 1 saturated carbocycles. The number of carbonyl (C=O) groups excluding carboxylic acids is 1. The number of carbonyl (C=O) groups is 1. The Morgan fingerprint density at radius 1 is 1.42 bits per heavy atom. The number of anilines is 1. The van der Waals surface area contributed by atoms with E-state index >= 15 is 0 Å². The first-order valence-electron chi connectivity index (χ1n) is 11.3. The lowest BCUT2D eigenvalue weighted by molar-refractivity contribution is -0.148. The maximum atomic E-state index is 13.1. The van der Waals surface area contributed by atoms with Crippen LogP contribution in [0.15, 0.2) is 6.20 Å². The van der Waals surface area contributed by atoms with Gasteiger partial charge >= 0.3 is 21.5 Å². The number of nitrogens with one attached hydrogen (secondary N) is 1. The van der Waals surface area contributed by atoms with Gasteiger partial charge in [0.15, 0.2) is 0 Å². The lowest BCUT2D eigenvalue weighted by atomic mass is 9.64. The summed E-state index contributed by atoms with van der Waals surface area (Å²) in [7, 11) is -5.59. The number of ether oxygens (including phenoxy) is 1. The first kappa shape index (κ1) is 26.4. The first-order valence-corrected chi connectivity index (χ1v) is 13.1. The summed E-state index contributed by atoms with van der Waals surface area (Å²) in [5, 5.41) is 17.5. The molecular formula is C21H24ClF3N6O4S. The highest BCUT2D eigenvalue weighted by atomic mass is 35.5. The Balaban J connectivity index is 1.67. The van der Waals surface area contributed by atoms with Crippen molar-refractivity contribution >= 4 is 39.1 Å². The van der Waals surface area contributed by atoms with Crippen LogP contribution in [0.3, 0.4) is 0 Å². The quantitative estimate of drug-likeness (QED) is 0.544. The van der Waals surface area contributed by atoms with Crippen molar-refractivity contribution in [2.45, 2.75) is 69.0 Å². The molecule has 4 rings (SSSR count). The Kier molecular flexibility index (Phi) is 6.87. The molecule has 1 aliphatic heterocycles. The van der Waals surface area contributed by atoms with Gasteiger partial charge in [0.05, 0.1) is 35.1 Å². The number of hydrogen-bond acceptors (Lipinski definition) is 8. The second-order valence-corrected chi connectivity index (χ2v) is 11.3. The Labute approximate surface area is 210 Å². The Morgan fingerprint density at radius 3 is 2.64 bits per heavy atom. The van der Waals surface area contributed by atoms with E-state index in [-0.39, 0.29) is 27.1 Å². The fourth-order valence-corrected chi connectivity index (χ4v) is 6.19. The molecule has 3 heterocycles. The number of aromatic nitrogens is 3. The van der Waals surface area contributed by atoms with Gasteiger partial charge in [0, 0.05) is 18.9 Å². The molecule has 1 aliphatic carbocycles. The van der Waals surface area contributed by atoms with Gasteiger partial charge < -0.3 is 10.1 Å². The number of alkyl halides is 3. The highest BCUT2D eigenvalue weighted by molar-refractivity contribution is 7.90. The molecule has 10 nitrogen and oxygen atoms in total. The van der Waals surface area contributed by atoms with Gasteiger partial charge in [-0.1, -0.05) is 24.9 Å². The van der Waals surface area contributed by atoms with Crippen molar-refractivity contribution in [2.75, 3.05) is 18.4 Å². The van der Waals surface area contributed by atoms with E-state index < -0.39 is 46.7 Å². The summed E-state index contributed by atoms with van der Waals surface area (Å²) in [6.45, 7) is 1.98. The Bertz CT molecular complexity index is 1330. The second kappa shape index (κ2) is 9.35. The van der Waals surface area contributed by atoms with Crippen LogP contribution < -0.4 is 5.32 Å². The molecule has 0 spiro atoms. The van der Waals surface area contributed by atoms with E-state index in [4.69, 9.17) is 16.3 Å². The van der Waals surface area contributed by atoms with Crippen LogP contribution in [-0.2, 0) is 25.0 Å². The highest BCUT2D eigenvalue weighted by Crippen LogP contribution is 2.49. The molecule has 196 valence electrons. The fraction of sp³-hybridized carbons (Fsp3) is 0.619. The van der Waals surface area contributed by atoms with Crippen LogP contribution in [0.4, 0.5) is 19.1 Å². The predicted octanol–water partition coefficient (Wildman–Crippen LogP) is 3.35. The lowest BCUT2D eigenvalue weighted by Crippen LogP contribution is -2.55. The van der Waals surface area contributed by atoms with Crippen molar-refractivity contribution in [3.05, 3.63) is 22.5 Å². The second-order valence-electron chi connectivity index (χ2n) is 9.01. The van der Waals surface area contributed by atoms with Gasteiger partial charge in [-0.25, -0.2) is 17.9 Å². The van der Waals surface area contributed by atoms with Gasteiger partial charge in [-0.3, -0.25) is 4.79 Å². The predicted molar refractivity (Wildman–Crippen MR) is 123 cm³/mol. The van der Waals surface area contributed by atoms with Crippen molar-refractivity contribution in [3.63, 3.8) is 0 Å². The summed E-state index contributed by atoms with van der Waals surface area (Å²) in [5.74, 6) is -0.706. The molecule has 1 saturated heterocycles. The molecule has 0 bridgehead atoms. The SMILES string of the molecule is CCC1(c2c(C#N)c(Cl)c3cnc(N[C@H]4CCN(S(=O)(=O)C(F)(F)F)C[C@H]4OC(C)=O)nn23)CCC1. The third kappa shape index (κ3) is 4.37. The number of piperidine rings is 1. The van der Waals surface area contributed by atoms with E-state index in [1.54, 1.807) is 4.52 Å². The number of halogens is 4. The standard InChI is InChI=1S/C21H24ClF3N6O4S/c1-3-20(6-4-7-20)18-13(9-26)17(22)15-10-27-19(29-31(15)18)28-14-5-8-30(11-16(14)35-12(2)32)36(33,34)21(23,24)25/h10,14,16H,3-8,11H2,1-2H3,(H,28,29)/t14-,16+/m0/s1. The van der Waals surface area contributed by atoms with Crippen LogP contribution in [0.2, 0.25) is 5.02 Å². The molecule has 2 aromatic heterocycles. The normalized spacial score (nSPS) is 22.6. The van der Waals surface area contributed by atoms with Crippen LogP contribution >= 0.6 is 11.6 Å². The first-order chi connectivity index (χ1) is 16.8. The molecule has 36 heavy (non-hydrogen) atoms. The molecule has 2 aliphatic rings. The third-order valence-electron chi connectivity index (χ3n) is 7.01.